The molecule has 1 aromatic rings. The van der Waals surface area contributed by atoms with E-state index in [1.807, 2.05) is 6.07 Å². The second-order valence-electron chi connectivity index (χ2n) is 5.50. The Kier molecular flexibility index (Phi) is 4.89. The van der Waals surface area contributed by atoms with Crippen molar-refractivity contribution in [2.45, 2.75) is 42.5 Å². The molecule has 7 heteroatoms. The standard InChI is InChI=1S/C14H18ClN3O2S/c15-12-5-4-11(9-16)13(8-12)21(19,20)18-10-14(17)6-2-1-3-7-14/h4-5,8,18H,1-3,6-7,10,17H2. The lowest BCUT2D eigenvalue weighted by Crippen LogP contribution is -2.51. The molecule has 1 aliphatic carbocycles. The predicted octanol–water partition coefficient (Wildman–Crippen LogP) is 2.15. The molecule has 0 aromatic heterocycles. The Hall–Kier alpha value is -1.13. The summed E-state index contributed by atoms with van der Waals surface area (Å²) in [6, 6.07) is 6.04. The van der Waals surface area contributed by atoms with Crippen LogP contribution in [0.3, 0.4) is 0 Å². The van der Waals surface area contributed by atoms with Gasteiger partial charge in [0.25, 0.3) is 0 Å². The van der Waals surface area contributed by atoms with Crippen molar-refractivity contribution >= 4 is 21.6 Å². The first-order valence-corrected chi connectivity index (χ1v) is 8.71. The molecule has 1 aliphatic rings. The SMILES string of the molecule is N#Cc1ccc(Cl)cc1S(=O)(=O)NCC1(N)CCCCC1. The molecule has 21 heavy (non-hydrogen) atoms. The molecule has 0 bridgehead atoms. The minimum atomic E-state index is -3.80. The Labute approximate surface area is 130 Å². The number of nitrogens with two attached hydrogens (primary N) is 1. The Morgan fingerprint density at radius 2 is 2.00 bits per heavy atom. The highest BCUT2D eigenvalue weighted by Crippen LogP contribution is 2.26. The molecule has 1 aromatic carbocycles. The van der Waals surface area contributed by atoms with Crippen molar-refractivity contribution in [3.05, 3.63) is 28.8 Å². The van der Waals surface area contributed by atoms with Gasteiger partial charge in [0.1, 0.15) is 11.0 Å². The molecular formula is C14H18ClN3O2S. The lowest BCUT2D eigenvalue weighted by atomic mass is 9.83. The number of hydrogen-bond acceptors (Lipinski definition) is 4. The number of halogens is 1. The second kappa shape index (κ2) is 6.32. The molecule has 0 saturated heterocycles. The molecule has 0 radical (unpaired) electrons. The van der Waals surface area contributed by atoms with Gasteiger partial charge in [0.2, 0.25) is 10.0 Å². The van der Waals surface area contributed by atoms with Crippen molar-refractivity contribution in [1.82, 2.24) is 4.72 Å². The molecule has 0 unspecified atom stereocenters. The van der Waals surface area contributed by atoms with Crippen LogP contribution in [0, 0.1) is 11.3 Å². The Balaban J connectivity index is 2.19. The van der Waals surface area contributed by atoms with Crippen LogP contribution in [0.5, 0.6) is 0 Å². The zero-order valence-electron chi connectivity index (χ0n) is 11.6. The highest BCUT2D eigenvalue weighted by atomic mass is 35.5. The number of nitrogens with zero attached hydrogens (tertiary/aromatic N) is 1. The first kappa shape index (κ1) is 16.2. The van der Waals surface area contributed by atoms with Gasteiger partial charge in [-0.1, -0.05) is 30.9 Å². The van der Waals surface area contributed by atoms with E-state index in [4.69, 9.17) is 22.6 Å². The van der Waals surface area contributed by atoms with Gasteiger partial charge < -0.3 is 5.73 Å². The molecule has 0 atom stereocenters. The van der Waals surface area contributed by atoms with Gasteiger partial charge in [0.15, 0.2) is 0 Å². The quantitative estimate of drug-likeness (QED) is 0.885. The van der Waals surface area contributed by atoms with Crippen molar-refractivity contribution in [1.29, 1.82) is 5.26 Å². The van der Waals surface area contributed by atoms with E-state index in [9.17, 15) is 8.42 Å². The van der Waals surface area contributed by atoms with Crippen LogP contribution in [0.2, 0.25) is 5.02 Å². The maximum Gasteiger partial charge on any atom is 0.242 e. The van der Waals surface area contributed by atoms with Gasteiger partial charge in [-0.2, -0.15) is 5.26 Å². The molecule has 0 heterocycles. The van der Waals surface area contributed by atoms with Gasteiger partial charge in [-0.25, -0.2) is 13.1 Å². The Morgan fingerprint density at radius 3 is 2.62 bits per heavy atom. The lowest BCUT2D eigenvalue weighted by Gasteiger charge is -2.33. The van der Waals surface area contributed by atoms with Gasteiger partial charge in [0, 0.05) is 17.1 Å². The zero-order valence-corrected chi connectivity index (χ0v) is 13.2. The maximum absolute atomic E-state index is 12.4. The van der Waals surface area contributed by atoms with Crippen LogP contribution in [-0.2, 0) is 10.0 Å². The fraction of sp³-hybridized carbons (Fsp3) is 0.500. The maximum atomic E-state index is 12.4. The minimum Gasteiger partial charge on any atom is -0.324 e. The topological polar surface area (TPSA) is 96.0 Å². The second-order valence-corrected chi connectivity index (χ2v) is 7.67. The molecule has 0 spiro atoms. The zero-order chi connectivity index (χ0) is 15.5. The number of rotatable bonds is 4. The summed E-state index contributed by atoms with van der Waals surface area (Å²) in [5.41, 5.74) is 5.79. The van der Waals surface area contributed by atoms with Crippen molar-refractivity contribution in [3.63, 3.8) is 0 Å². The molecule has 114 valence electrons. The van der Waals surface area contributed by atoms with Crippen LogP contribution in [0.1, 0.15) is 37.7 Å². The van der Waals surface area contributed by atoms with Gasteiger partial charge in [-0.05, 0) is 31.0 Å². The largest absolute Gasteiger partial charge is 0.324 e. The minimum absolute atomic E-state index is 0.0709. The van der Waals surface area contributed by atoms with Crippen molar-refractivity contribution in [3.8, 4) is 6.07 Å². The fourth-order valence-corrected chi connectivity index (χ4v) is 4.12. The lowest BCUT2D eigenvalue weighted by molar-refractivity contribution is 0.296. The highest BCUT2D eigenvalue weighted by Gasteiger charge is 2.30. The van der Waals surface area contributed by atoms with E-state index in [0.717, 1.165) is 32.1 Å². The van der Waals surface area contributed by atoms with Crippen LogP contribution in [-0.4, -0.2) is 20.5 Å². The molecule has 2 rings (SSSR count). The van der Waals surface area contributed by atoms with Crippen molar-refractivity contribution < 1.29 is 8.42 Å². The summed E-state index contributed by atoms with van der Waals surface area (Å²) >= 11 is 5.83. The Bertz CT molecular complexity index is 661. The molecule has 1 fully saturated rings. The third kappa shape index (κ3) is 3.95. The van der Waals surface area contributed by atoms with Gasteiger partial charge in [-0.15, -0.1) is 0 Å². The van der Waals surface area contributed by atoms with E-state index >= 15 is 0 Å². The van der Waals surface area contributed by atoms with Crippen LogP contribution in [0.25, 0.3) is 0 Å². The van der Waals surface area contributed by atoms with Crippen LogP contribution in [0.4, 0.5) is 0 Å². The average Bonchev–Trinajstić information content (AvgIpc) is 2.46. The fourth-order valence-electron chi connectivity index (χ4n) is 2.56. The van der Waals surface area contributed by atoms with Crippen LogP contribution < -0.4 is 10.5 Å². The third-order valence-electron chi connectivity index (χ3n) is 3.82. The number of nitriles is 1. The summed E-state index contributed by atoms with van der Waals surface area (Å²) in [5, 5.41) is 9.30. The first-order valence-electron chi connectivity index (χ1n) is 6.85. The van der Waals surface area contributed by atoms with Crippen LogP contribution >= 0.6 is 11.6 Å². The van der Waals surface area contributed by atoms with Gasteiger partial charge in [-0.3, -0.25) is 0 Å². The average molecular weight is 328 g/mol. The highest BCUT2D eigenvalue weighted by molar-refractivity contribution is 7.89. The summed E-state index contributed by atoms with van der Waals surface area (Å²) in [6.07, 6.45) is 4.77. The summed E-state index contributed by atoms with van der Waals surface area (Å²) in [7, 11) is -3.80. The van der Waals surface area contributed by atoms with Crippen LogP contribution in [0.15, 0.2) is 23.1 Å². The Morgan fingerprint density at radius 1 is 1.33 bits per heavy atom. The van der Waals surface area contributed by atoms with E-state index in [1.165, 1.54) is 18.2 Å². The molecule has 0 aliphatic heterocycles. The van der Waals surface area contributed by atoms with Gasteiger partial charge >= 0.3 is 0 Å². The summed E-state index contributed by atoms with van der Waals surface area (Å²) in [4.78, 5) is -0.100. The number of sulfonamides is 1. The normalized spacial score (nSPS) is 18.1. The number of nitrogens with one attached hydrogen (secondary N) is 1. The van der Waals surface area contributed by atoms with Gasteiger partial charge in [0.05, 0.1) is 5.56 Å². The third-order valence-corrected chi connectivity index (χ3v) is 5.49. The molecule has 3 N–H and O–H groups in total. The number of hydrogen-bond donors (Lipinski definition) is 2. The summed E-state index contributed by atoms with van der Waals surface area (Å²) < 4.78 is 27.3. The number of benzene rings is 1. The van der Waals surface area contributed by atoms with E-state index in [0.29, 0.717) is 0 Å². The summed E-state index contributed by atoms with van der Waals surface area (Å²) in [5.74, 6) is 0. The first-order chi connectivity index (χ1) is 9.86. The molecular weight excluding hydrogens is 310 g/mol. The van der Waals surface area contributed by atoms with E-state index in [1.54, 1.807) is 0 Å². The van der Waals surface area contributed by atoms with Crippen molar-refractivity contribution in [2.75, 3.05) is 6.54 Å². The van der Waals surface area contributed by atoms with E-state index in [-0.39, 0.29) is 22.0 Å². The molecule has 1 saturated carbocycles. The predicted molar refractivity (Wildman–Crippen MR) is 81.4 cm³/mol. The van der Waals surface area contributed by atoms with E-state index < -0.39 is 15.6 Å². The smallest absolute Gasteiger partial charge is 0.242 e. The monoisotopic (exact) mass is 327 g/mol. The molecule has 0 amide bonds. The van der Waals surface area contributed by atoms with E-state index in [2.05, 4.69) is 4.72 Å². The summed E-state index contributed by atoms with van der Waals surface area (Å²) in [6.45, 7) is 0.173. The molecule has 5 nitrogen and oxygen atoms in total. The van der Waals surface area contributed by atoms with Crippen molar-refractivity contribution in [2.24, 2.45) is 5.73 Å².